The molecule has 1 aromatic heterocycles. The summed E-state index contributed by atoms with van der Waals surface area (Å²) in [6.07, 6.45) is 1.88. The summed E-state index contributed by atoms with van der Waals surface area (Å²) >= 11 is 0. The van der Waals surface area contributed by atoms with Gasteiger partial charge in [0.05, 0.1) is 0 Å². The smallest absolute Gasteiger partial charge is 0.122 e. The molecule has 0 aliphatic heterocycles. The van der Waals surface area contributed by atoms with Crippen molar-refractivity contribution in [2.24, 2.45) is 11.5 Å². The predicted molar refractivity (Wildman–Crippen MR) is 174 cm³/mol. The van der Waals surface area contributed by atoms with Crippen LogP contribution < -0.4 is 11.5 Å². The summed E-state index contributed by atoms with van der Waals surface area (Å²) in [5.41, 5.74) is 18.6. The number of fused-ring (bicyclic) bond motifs is 1. The van der Waals surface area contributed by atoms with Gasteiger partial charge in [0.15, 0.2) is 0 Å². The van der Waals surface area contributed by atoms with E-state index in [0.717, 1.165) is 11.3 Å². The average molecular weight is 539 g/mol. The molecule has 4 rings (SSSR count). The molecule has 0 bridgehead atoms. The zero-order chi connectivity index (χ0) is 30.3. The van der Waals surface area contributed by atoms with Gasteiger partial charge in [-0.2, -0.15) is 0 Å². The van der Waals surface area contributed by atoms with Gasteiger partial charge in [0, 0.05) is 29.4 Å². The van der Waals surface area contributed by atoms with E-state index in [1.54, 1.807) is 0 Å². The minimum Gasteiger partial charge on any atom is -0.384 e. The van der Waals surface area contributed by atoms with Crippen LogP contribution in [0.1, 0.15) is 95.8 Å². The van der Waals surface area contributed by atoms with E-state index in [1.807, 2.05) is 30.5 Å². The van der Waals surface area contributed by atoms with Crippen molar-refractivity contribution in [3.63, 3.8) is 0 Å². The number of hydrogen-bond donors (Lipinski definition) is 3. The molecule has 0 unspecified atom stereocenters. The van der Waals surface area contributed by atoms with Crippen molar-refractivity contribution in [2.75, 3.05) is 0 Å². The molecule has 0 saturated heterocycles. The fraction of sp³-hybridized carbons (Fsp3) is 0.389. The van der Waals surface area contributed by atoms with Crippen LogP contribution in [0.15, 0.2) is 79.0 Å². The van der Waals surface area contributed by atoms with Gasteiger partial charge < -0.3 is 11.5 Å². The second-order valence-electron chi connectivity index (χ2n) is 13.5. The molecule has 1 heterocycles. The van der Waals surface area contributed by atoms with Crippen LogP contribution in [0.3, 0.4) is 0 Å². The summed E-state index contributed by atoms with van der Waals surface area (Å²) < 4.78 is 0. The highest BCUT2D eigenvalue weighted by molar-refractivity contribution is 5.94. The monoisotopic (exact) mass is 538 g/mol. The van der Waals surface area contributed by atoms with Gasteiger partial charge in [-0.15, -0.1) is 0 Å². The van der Waals surface area contributed by atoms with Gasteiger partial charge in [-0.3, -0.25) is 10.4 Å². The van der Waals surface area contributed by atoms with Crippen LogP contribution in [0.5, 0.6) is 0 Å². The molecule has 0 fully saturated rings. The summed E-state index contributed by atoms with van der Waals surface area (Å²) in [5.74, 6) is 0.125. The van der Waals surface area contributed by atoms with Gasteiger partial charge >= 0.3 is 0 Å². The Labute approximate surface area is 242 Å². The summed E-state index contributed by atoms with van der Waals surface area (Å²) in [7, 11) is 0. The molecule has 4 aromatic rings. The lowest BCUT2D eigenvalue weighted by atomic mass is 9.86. The predicted octanol–water partition coefficient (Wildman–Crippen LogP) is 8.55. The largest absolute Gasteiger partial charge is 0.384 e. The maximum absolute atomic E-state index is 7.24. The number of pyridine rings is 1. The second-order valence-corrected chi connectivity index (χ2v) is 13.5. The number of amidine groups is 1. The minimum atomic E-state index is 0.125. The zero-order valence-electron chi connectivity index (χ0n) is 26.3. The topological polar surface area (TPSA) is 88.8 Å². The summed E-state index contributed by atoms with van der Waals surface area (Å²) in [6.45, 7) is 22.5. The van der Waals surface area contributed by atoms with Crippen molar-refractivity contribution < 1.29 is 0 Å². The molecule has 40 heavy (non-hydrogen) atoms. The maximum Gasteiger partial charge on any atom is 0.122 e. The van der Waals surface area contributed by atoms with E-state index in [2.05, 4.69) is 123 Å². The molecule has 0 atom stereocenters. The van der Waals surface area contributed by atoms with Crippen molar-refractivity contribution in [1.82, 2.24) is 4.98 Å². The van der Waals surface area contributed by atoms with Crippen LogP contribution in [0.2, 0.25) is 0 Å². The van der Waals surface area contributed by atoms with Crippen LogP contribution in [0.25, 0.3) is 10.8 Å². The van der Waals surface area contributed by atoms with Gasteiger partial charge in [-0.05, 0) is 56.9 Å². The Kier molecular flexibility index (Phi) is 10.8. The average Bonchev–Trinajstić information content (AvgIpc) is 2.88. The van der Waals surface area contributed by atoms with E-state index in [-0.39, 0.29) is 22.1 Å². The van der Waals surface area contributed by atoms with Gasteiger partial charge in [-0.1, -0.05) is 129 Å². The van der Waals surface area contributed by atoms with Gasteiger partial charge in [-0.25, -0.2) is 0 Å². The molecule has 214 valence electrons. The third-order valence-corrected chi connectivity index (χ3v) is 6.95. The molecular weight excluding hydrogens is 488 g/mol. The number of rotatable bonds is 2. The fourth-order valence-electron chi connectivity index (χ4n) is 4.09. The molecule has 0 amide bonds. The summed E-state index contributed by atoms with van der Waals surface area (Å²) in [4.78, 5) is 4.30. The van der Waals surface area contributed by atoms with Crippen molar-refractivity contribution in [3.8, 4) is 0 Å². The van der Waals surface area contributed by atoms with Crippen LogP contribution >= 0.6 is 0 Å². The number of nitrogen functional groups attached to an aromatic ring is 1. The third-order valence-electron chi connectivity index (χ3n) is 6.95. The highest BCUT2D eigenvalue weighted by Gasteiger charge is 2.15. The van der Waals surface area contributed by atoms with E-state index < -0.39 is 0 Å². The second kappa shape index (κ2) is 13.2. The summed E-state index contributed by atoms with van der Waals surface area (Å²) in [6, 6.07) is 25.1. The molecule has 0 spiro atoms. The molecule has 3 aromatic carbocycles. The Hall–Kier alpha value is -3.50. The first-order valence-electron chi connectivity index (χ1n) is 14.0. The van der Waals surface area contributed by atoms with Gasteiger partial charge in [0.1, 0.15) is 5.84 Å². The number of benzene rings is 3. The van der Waals surface area contributed by atoms with E-state index in [9.17, 15) is 0 Å². The first-order valence-corrected chi connectivity index (χ1v) is 14.0. The highest BCUT2D eigenvalue weighted by atomic mass is 14.7. The van der Waals surface area contributed by atoms with Gasteiger partial charge in [0.2, 0.25) is 0 Å². The molecule has 0 saturated carbocycles. The standard InChI is InChI=1S/C14H17N.C11H16N2.C11H17N/c1-10-13-6-5-12(14(2,3)4)9-11(13)7-8-15-10;1-11(2,3)9-6-4-8(5-7-9)10(12)13;1-11(2,3)10-6-4-9(8-12)5-7-10/h5-9H,1-4H3;4-7H,1-3H3,(H3,12,13);4-7H,8,12H2,1-3H3. The molecule has 5 N–H and O–H groups in total. The molecular formula is C36H50N4. The van der Waals surface area contributed by atoms with Crippen LogP contribution in [-0.2, 0) is 22.8 Å². The van der Waals surface area contributed by atoms with E-state index in [0.29, 0.717) is 6.54 Å². The Morgan fingerprint density at radius 1 is 0.675 bits per heavy atom. The lowest BCUT2D eigenvalue weighted by molar-refractivity contribution is 0.590. The number of nitrogens with two attached hydrogens (primary N) is 2. The van der Waals surface area contributed by atoms with Crippen LogP contribution in [0.4, 0.5) is 0 Å². The first kappa shape index (κ1) is 32.7. The normalized spacial score (nSPS) is 11.7. The number of nitrogens with zero attached hydrogens (tertiary/aromatic N) is 1. The van der Waals surface area contributed by atoms with Gasteiger partial charge in [0.25, 0.3) is 0 Å². The van der Waals surface area contributed by atoms with E-state index >= 15 is 0 Å². The maximum atomic E-state index is 7.24. The molecule has 0 aliphatic rings. The molecule has 0 aliphatic carbocycles. The number of aryl methyl sites for hydroxylation is 1. The van der Waals surface area contributed by atoms with Crippen LogP contribution in [-0.4, -0.2) is 10.8 Å². The number of hydrogen-bond acceptors (Lipinski definition) is 3. The van der Waals surface area contributed by atoms with E-state index in [1.165, 1.54) is 33.0 Å². The quantitative estimate of drug-likeness (QED) is 0.176. The molecule has 4 heteroatoms. The Morgan fingerprint density at radius 2 is 1.12 bits per heavy atom. The van der Waals surface area contributed by atoms with Crippen LogP contribution in [0, 0.1) is 12.3 Å². The lowest BCUT2D eigenvalue weighted by Crippen LogP contribution is -2.13. The number of aromatic nitrogens is 1. The fourth-order valence-corrected chi connectivity index (χ4v) is 4.09. The third kappa shape index (κ3) is 9.60. The first-order chi connectivity index (χ1) is 18.4. The molecule has 4 nitrogen and oxygen atoms in total. The Bertz CT molecular complexity index is 1380. The van der Waals surface area contributed by atoms with Crippen molar-refractivity contribution in [2.45, 2.75) is 92.0 Å². The minimum absolute atomic E-state index is 0.125. The van der Waals surface area contributed by atoms with Crippen molar-refractivity contribution in [3.05, 3.63) is 113 Å². The lowest BCUT2D eigenvalue weighted by Gasteiger charge is -2.19. The van der Waals surface area contributed by atoms with Crippen molar-refractivity contribution in [1.29, 1.82) is 5.41 Å². The summed E-state index contributed by atoms with van der Waals surface area (Å²) in [5, 5.41) is 9.78. The Balaban J connectivity index is 0.000000212. The zero-order valence-corrected chi connectivity index (χ0v) is 26.3. The van der Waals surface area contributed by atoms with Crippen molar-refractivity contribution >= 4 is 16.6 Å². The Morgan fingerprint density at radius 3 is 1.55 bits per heavy atom. The molecule has 0 radical (unpaired) electrons. The van der Waals surface area contributed by atoms with E-state index in [4.69, 9.17) is 16.9 Å². The highest BCUT2D eigenvalue weighted by Crippen LogP contribution is 2.27. The SMILES string of the molecule is CC(C)(C)c1ccc(C(=N)N)cc1.CC(C)(C)c1ccc(CN)cc1.Cc1nccc2cc(C(C)(C)C)ccc12. The number of nitrogens with one attached hydrogen (secondary N) is 1.